The van der Waals surface area contributed by atoms with Crippen molar-refractivity contribution in [2.75, 3.05) is 5.32 Å². The van der Waals surface area contributed by atoms with Crippen LogP contribution in [0.25, 0.3) is 11.0 Å². The molecule has 3 aromatic rings. The maximum atomic E-state index is 12.9. The number of aromatic amines is 2. The molecule has 0 aliphatic carbocycles. The molecular formula is C15H8ClF3N4O3. The number of benzene rings is 1. The highest BCUT2D eigenvalue weighted by Gasteiger charge is 2.33. The van der Waals surface area contributed by atoms with Gasteiger partial charge in [-0.25, -0.2) is 9.78 Å². The number of hydrogen-bond donors (Lipinski definition) is 3. The van der Waals surface area contributed by atoms with Gasteiger partial charge in [-0.05, 0) is 24.3 Å². The summed E-state index contributed by atoms with van der Waals surface area (Å²) in [5.74, 6) is -0.791. The Balaban J connectivity index is 1.95. The summed E-state index contributed by atoms with van der Waals surface area (Å²) in [6, 6.07) is 4.06. The van der Waals surface area contributed by atoms with Crippen LogP contribution in [0.3, 0.4) is 0 Å². The van der Waals surface area contributed by atoms with Crippen molar-refractivity contribution in [2.24, 2.45) is 0 Å². The van der Waals surface area contributed by atoms with Gasteiger partial charge in [0, 0.05) is 11.9 Å². The van der Waals surface area contributed by atoms with Crippen LogP contribution in [0.4, 0.5) is 18.9 Å². The maximum absolute atomic E-state index is 12.9. The van der Waals surface area contributed by atoms with Crippen molar-refractivity contribution in [1.82, 2.24) is 15.0 Å². The van der Waals surface area contributed by atoms with Crippen LogP contribution in [0.1, 0.15) is 15.9 Å². The van der Waals surface area contributed by atoms with Gasteiger partial charge in [-0.1, -0.05) is 11.6 Å². The maximum Gasteiger partial charge on any atom is 0.417 e. The van der Waals surface area contributed by atoms with Gasteiger partial charge in [0.15, 0.2) is 0 Å². The number of H-pyrrole nitrogens is 2. The van der Waals surface area contributed by atoms with Crippen LogP contribution < -0.4 is 16.6 Å². The average molecular weight is 385 g/mol. The number of fused-ring (bicyclic) bond motifs is 1. The summed E-state index contributed by atoms with van der Waals surface area (Å²) >= 11 is 5.52. The Labute approximate surface area is 146 Å². The number of aromatic nitrogens is 3. The van der Waals surface area contributed by atoms with E-state index in [0.29, 0.717) is 6.07 Å². The lowest BCUT2D eigenvalue weighted by Crippen LogP contribution is -2.23. The van der Waals surface area contributed by atoms with Gasteiger partial charge in [-0.15, -0.1) is 0 Å². The van der Waals surface area contributed by atoms with Crippen molar-refractivity contribution in [2.45, 2.75) is 6.18 Å². The van der Waals surface area contributed by atoms with Gasteiger partial charge in [0.05, 0.1) is 21.5 Å². The number of anilines is 1. The predicted molar refractivity (Wildman–Crippen MR) is 87.4 cm³/mol. The predicted octanol–water partition coefficient (Wildman–Crippen LogP) is 2.54. The smallest absolute Gasteiger partial charge is 0.322 e. The van der Waals surface area contributed by atoms with E-state index in [1.807, 2.05) is 4.98 Å². The molecule has 0 bridgehead atoms. The summed E-state index contributed by atoms with van der Waals surface area (Å²) in [7, 11) is 0. The molecule has 0 saturated carbocycles. The first-order chi connectivity index (χ1) is 12.1. The molecule has 0 aliphatic rings. The number of carbonyl (C=O) groups is 1. The number of alkyl halides is 3. The first-order valence-electron chi connectivity index (χ1n) is 6.95. The molecule has 0 spiro atoms. The van der Waals surface area contributed by atoms with Gasteiger partial charge in [0.2, 0.25) is 0 Å². The number of halogens is 4. The summed E-state index contributed by atoms with van der Waals surface area (Å²) in [4.78, 5) is 43.2. The molecule has 0 atom stereocenters. The van der Waals surface area contributed by atoms with Gasteiger partial charge in [0.25, 0.3) is 11.5 Å². The topological polar surface area (TPSA) is 108 Å². The second-order valence-electron chi connectivity index (χ2n) is 5.17. The van der Waals surface area contributed by atoms with Gasteiger partial charge in [0.1, 0.15) is 5.65 Å². The van der Waals surface area contributed by atoms with Crippen LogP contribution >= 0.6 is 11.6 Å². The van der Waals surface area contributed by atoms with Crippen molar-refractivity contribution in [3.63, 3.8) is 0 Å². The fourth-order valence-corrected chi connectivity index (χ4v) is 2.42. The van der Waals surface area contributed by atoms with Crippen molar-refractivity contribution >= 4 is 34.2 Å². The molecule has 0 radical (unpaired) electrons. The number of rotatable bonds is 2. The summed E-state index contributed by atoms with van der Waals surface area (Å²) in [5, 5.41) is 1.72. The molecule has 1 aromatic carbocycles. The summed E-state index contributed by atoms with van der Waals surface area (Å²) in [6.07, 6.45) is -3.60. The van der Waals surface area contributed by atoms with Crippen LogP contribution in [-0.2, 0) is 6.18 Å². The van der Waals surface area contributed by atoms with E-state index in [-0.39, 0.29) is 22.3 Å². The van der Waals surface area contributed by atoms with Crippen molar-refractivity contribution < 1.29 is 18.0 Å². The fourth-order valence-electron chi connectivity index (χ4n) is 2.19. The zero-order chi connectivity index (χ0) is 19.1. The van der Waals surface area contributed by atoms with E-state index in [9.17, 15) is 27.6 Å². The van der Waals surface area contributed by atoms with E-state index in [2.05, 4.69) is 15.3 Å². The lowest BCUT2D eigenvalue weighted by molar-refractivity contribution is -0.137. The highest BCUT2D eigenvalue weighted by molar-refractivity contribution is 6.31. The first-order valence-corrected chi connectivity index (χ1v) is 7.33. The summed E-state index contributed by atoms with van der Waals surface area (Å²) in [5.41, 5.74) is -2.85. The molecular weight excluding hydrogens is 377 g/mol. The average Bonchev–Trinajstić information content (AvgIpc) is 2.55. The van der Waals surface area contributed by atoms with E-state index in [0.717, 1.165) is 18.3 Å². The van der Waals surface area contributed by atoms with Crippen LogP contribution in [0, 0.1) is 0 Å². The Bertz CT molecular complexity index is 1140. The number of hydrogen-bond acceptors (Lipinski definition) is 4. The van der Waals surface area contributed by atoms with E-state index in [1.165, 1.54) is 6.07 Å². The highest BCUT2D eigenvalue weighted by atomic mass is 35.5. The van der Waals surface area contributed by atoms with E-state index >= 15 is 0 Å². The van der Waals surface area contributed by atoms with E-state index in [4.69, 9.17) is 11.6 Å². The van der Waals surface area contributed by atoms with Crippen molar-refractivity contribution in [1.29, 1.82) is 0 Å². The van der Waals surface area contributed by atoms with Crippen molar-refractivity contribution in [3.05, 3.63) is 67.4 Å². The molecule has 0 saturated heterocycles. The Morgan fingerprint density at radius 1 is 1.15 bits per heavy atom. The molecule has 2 aromatic heterocycles. The quantitative estimate of drug-likeness (QED) is 0.631. The van der Waals surface area contributed by atoms with Crippen LogP contribution in [0.5, 0.6) is 0 Å². The molecule has 134 valence electrons. The lowest BCUT2D eigenvalue weighted by atomic mass is 10.1. The molecule has 7 nitrogen and oxygen atoms in total. The molecule has 1 amide bonds. The zero-order valence-corrected chi connectivity index (χ0v) is 13.3. The monoisotopic (exact) mass is 384 g/mol. The Hall–Kier alpha value is -3.14. The van der Waals surface area contributed by atoms with Crippen LogP contribution in [-0.4, -0.2) is 20.9 Å². The Kier molecular flexibility index (Phi) is 4.28. The number of pyridine rings is 1. The number of nitrogens with one attached hydrogen (secondary N) is 3. The summed E-state index contributed by atoms with van der Waals surface area (Å²) in [6.45, 7) is 0. The third-order valence-electron chi connectivity index (χ3n) is 3.38. The normalized spacial score (nSPS) is 11.5. The molecule has 3 rings (SSSR count). The number of amides is 1. The van der Waals surface area contributed by atoms with Gasteiger partial charge >= 0.3 is 11.9 Å². The van der Waals surface area contributed by atoms with Gasteiger partial charge in [-0.2, -0.15) is 13.2 Å². The molecule has 26 heavy (non-hydrogen) atoms. The van der Waals surface area contributed by atoms with Crippen LogP contribution in [0.15, 0.2) is 40.1 Å². The SMILES string of the molecule is O=C(Nc1ccc(Cl)c(C(F)(F)F)c1)c1cnc2[nH]c(=O)[nH]c(=O)c2c1. The van der Waals surface area contributed by atoms with E-state index in [1.54, 1.807) is 0 Å². The minimum Gasteiger partial charge on any atom is -0.322 e. The standard InChI is InChI=1S/C15H8ClF3N4O3/c16-10-2-1-7(4-9(10)15(17,18)19)21-12(24)6-3-8-11(20-5-6)22-14(26)23-13(8)25/h1-5H,(H,21,24)(H2,20,22,23,25,26). The zero-order valence-electron chi connectivity index (χ0n) is 12.6. The molecule has 3 N–H and O–H groups in total. The molecule has 0 unspecified atom stereocenters. The third-order valence-corrected chi connectivity index (χ3v) is 3.71. The Morgan fingerprint density at radius 3 is 2.58 bits per heavy atom. The minimum absolute atomic E-state index is 0.0267. The Morgan fingerprint density at radius 2 is 1.88 bits per heavy atom. The third kappa shape index (κ3) is 3.45. The number of carbonyl (C=O) groups excluding carboxylic acids is 1. The minimum atomic E-state index is -4.68. The van der Waals surface area contributed by atoms with Gasteiger partial charge in [-0.3, -0.25) is 19.6 Å². The number of nitrogens with zero attached hydrogens (tertiary/aromatic N) is 1. The van der Waals surface area contributed by atoms with Gasteiger partial charge < -0.3 is 5.32 Å². The van der Waals surface area contributed by atoms with Crippen molar-refractivity contribution in [3.8, 4) is 0 Å². The molecule has 0 fully saturated rings. The van der Waals surface area contributed by atoms with Crippen LogP contribution in [0.2, 0.25) is 5.02 Å². The lowest BCUT2D eigenvalue weighted by Gasteiger charge is -2.11. The second kappa shape index (κ2) is 6.30. The van der Waals surface area contributed by atoms with E-state index < -0.39 is 33.9 Å². The molecule has 2 heterocycles. The summed E-state index contributed by atoms with van der Waals surface area (Å²) < 4.78 is 38.6. The first kappa shape index (κ1) is 17.7. The largest absolute Gasteiger partial charge is 0.417 e. The molecule has 11 heteroatoms. The fraction of sp³-hybridized carbons (Fsp3) is 0.0667. The highest BCUT2D eigenvalue weighted by Crippen LogP contribution is 2.36. The molecule has 0 aliphatic heterocycles. The second-order valence-corrected chi connectivity index (χ2v) is 5.58.